The Bertz CT molecular complexity index is 687. The van der Waals surface area contributed by atoms with Gasteiger partial charge in [-0.1, -0.05) is 0 Å². The van der Waals surface area contributed by atoms with Crippen molar-refractivity contribution in [2.24, 2.45) is 7.05 Å². The van der Waals surface area contributed by atoms with Crippen LogP contribution in [0.4, 0.5) is 0 Å². The molecule has 0 aliphatic heterocycles. The van der Waals surface area contributed by atoms with E-state index in [2.05, 4.69) is 5.10 Å². The molecule has 5 heteroatoms. The molecule has 2 aromatic rings. The van der Waals surface area contributed by atoms with Gasteiger partial charge in [0.25, 0.3) is 0 Å². The summed E-state index contributed by atoms with van der Waals surface area (Å²) in [4.78, 5) is 12.2. The van der Waals surface area contributed by atoms with E-state index in [1.807, 2.05) is 19.1 Å². The summed E-state index contributed by atoms with van der Waals surface area (Å²) < 4.78 is 12.0. The number of aromatic nitrogens is 2. The van der Waals surface area contributed by atoms with E-state index in [9.17, 15) is 4.79 Å². The fraction of sp³-hybridized carbons (Fsp3) is 0.250. The number of methoxy groups -OCH3 is 2. The zero-order valence-electron chi connectivity index (χ0n) is 12.6. The summed E-state index contributed by atoms with van der Waals surface area (Å²) in [7, 11) is 4.94. The molecule has 110 valence electrons. The second kappa shape index (κ2) is 6.26. The normalized spacial score (nSPS) is 10.9. The van der Waals surface area contributed by atoms with Gasteiger partial charge in [-0.15, -0.1) is 0 Å². The van der Waals surface area contributed by atoms with Gasteiger partial charge in [-0.2, -0.15) is 5.10 Å². The third-order valence-corrected chi connectivity index (χ3v) is 3.11. The molecule has 2 rings (SSSR count). The average Bonchev–Trinajstić information content (AvgIpc) is 2.83. The van der Waals surface area contributed by atoms with E-state index in [1.54, 1.807) is 44.2 Å². The molecule has 0 spiro atoms. The van der Waals surface area contributed by atoms with E-state index in [4.69, 9.17) is 9.47 Å². The van der Waals surface area contributed by atoms with Gasteiger partial charge < -0.3 is 9.47 Å². The first-order valence-electron chi connectivity index (χ1n) is 6.50. The number of ether oxygens (including phenoxy) is 2. The molecule has 0 unspecified atom stereocenters. The summed E-state index contributed by atoms with van der Waals surface area (Å²) in [5, 5.41) is 4.17. The molecular weight excluding hydrogens is 268 g/mol. The largest absolute Gasteiger partial charge is 0.497 e. The average molecular weight is 286 g/mol. The third-order valence-electron chi connectivity index (χ3n) is 3.11. The summed E-state index contributed by atoms with van der Waals surface area (Å²) in [6.45, 7) is 1.85. The van der Waals surface area contributed by atoms with E-state index in [0.29, 0.717) is 17.2 Å². The van der Waals surface area contributed by atoms with Crippen molar-refractivity contribution < 1.29 is 14.3 Å². The molecule has 5 nitrogen and oxygen atoms in total. The zero-order chi connectivity index (χ0) is 15.4. The molecule has 1 heterocycles. The Hall–Kier alpha value is -2.56. The minimum Gasteiger partial charge on any atom is -0.497 e. The molecule has 0 radical (unpaired) electrons. The number of hydrogen-bond donors (Lipinski definition) is 0. The Labute approximate surface area is 123 Å². The van der Waals surface area contributed by atoms with E-state index < -0.39 is 0 Å². The minimum absolute atomic E-state index is 0.108. The molecule has 0 saturated carbocycles. The van der Waals surface area contributed by atoms with Crippen molar-refractivity contribution >= 4 is 11.9 Å². The van der Waals surface area contributed by atoms with Crippen LogP contribution in [0.3, 0.4) is 0 Å². The standard InChI is InChI=1S/C16H18N2O3/c1-11-9-14(18(2)17-11)15(19)7-5-12-10-13(20-3)6-8-16(12)21-4/h5-10H,1-4H3/b7-5+. The Morgan fingerprint density at radius 2 is 2.00 bits per heavy atom. The van der Waals surface area contributed by atoms with Crippen molar-refractivity contribution in [2.75, 3.05) is 14.2 Å². The molecule has 21 heavy (non-hydrogen) atoms. The Morgan fingerprint density at radius 1 is 1.24 bits per heavy atom. The highest BCUT2D eigenvalue weighted by Gasteiger charge is 2.09. The highest BCUT2D eigenvalue weighted by atomic mass is 16.5. The van der Waals surface area contributed by atoms with Crippen LogP contribution in [0.15, 0.2) is 30.3 Å². The summed E-state index contributed by atoms with van der Waals surface area (Å²) >= 11 is 0. The van der Waals surface area contributed by atoms with Crippen LogP contribution in [0.2, 0.25) is 0 Å². The van der Waals surface area contributed by atoms with E-state index in [-0.39, 0.29) is 5.78 Å². The Kier molecular flexibility index (Phi) is 4.42. The Balaban J connectivity index is 2.28. The lowest BCUT2D eigenvalue weighted by molar-refractivity contribution is 0.103. The van der Waals surface area contributed by atoms with E-state index >= 15 is 0 Å². The highest BCUT2D eigenvalue weighted by molar-refractivity contribution is 6.05. The number of allylic oxidation sites excluding steroid dienone is 1. The predicted octanol–water partition coefficient (Wildman–Crippen LogP) is 2.64. The summed E-state index contributed by atoms with van der Waals surface area (Å²) in [5.41, 5.74) is 2.14. The lowest BCUT2D eigenvalue weighted by Gasteiger charge is -2.07. The molecule has 0 amide bonds. The maximum absolute atomic E-state index is 12.2. The van der Waals surface area contributed by atoms with Crippen LogP contribution >= 0.6 is 0 Å². The van der Waals surface area contributed by atoms with Crippen LogP contribution in [0.5, 0.6) is 11.5 Å². The fourth-order valence-electron chi connectivity index (χ4n) is 2.06. The van der Waals surface area contributed by atoms with Gasteiger partial charge in [-0.3, -0.25) is 9.48 Å². The van der Waals surface area contributed by atoms with Gasteiger partial charge in [0.05, 0.1) is 19.9 Å². The van der Waals surface area contributed by atoms with Crippen molar-refractivity contribution in [1.82, 2.24) is 9.78 Å². The first-order chi connectivity index (χ1) is 10.0. The van der Waals surface area contributed by atoms with Gasteiger partial charge in [0.15, 0.2) is 0 Å². The first kappa shape index (κ1) is 14.8. The molecule has 0 aliphatic rings. The lowest BCUT2D eigenvalue weighted by Crippen LogP contribution is -2.03. The number of nitrogens with zero attached hydrogens (tertiary/aromatic N) is 2. The van der Waals surface area contributed by atoms with E-state index in [0.717, 1.165) is 11.3 Å². The molecule has 0 aliphatic carbocycles. The van der Waals surface area contributed by atoms with Gasteiger partial charge in [0.1, 0.15) is 17.2 Å². The number of ketones is 1. The van der Waals surface area contributed by atoms with E-state index in [1.165, 1.54) is 6.08 Å². The lowest BCUT2D eigenvalue weighted by atomic mass is 10.1. The molecule has 0 saturated heterocycles. The fourth-order valence-corrected chi connectivity index (χ4v) is 2.06. The molecule has 0 bridgehead atoms. The Morgan fingerprint density at radius 3 is 2.57 bits per heavy atom. The number of benzene rings is 1. The van der Waals surface area contributed by atoms with Gasteiger partial charge >= 0.3 is 0 Å². The van der Waals surface area contributed by atoms with Crippen LogP contribution in [0.25, 0.3) is 6.08 Å². The van der Waals surface area contributed by atoms with Crippen molar-refractivity contribution in [3.8, 4) is 11.5 Å². The summed E-state index contributed by atoms with van der Waals surface area (Å²) in [6, 6.07) is 7.19. The minimum atomic E-state index is -0.108. The van der Waals surface area contributed by atoms with Crippen LogP contribution in [0, 0.1) is 6.92 Å². The van der Waals surface area contributed by atoms with Crippen molar-refractivity contribution in [2.45, 2.75) is 6.92 Å². The van der Waals surface area contributed by atoms with Crippen molar-refractivity contribution in [1.29, 1.82) is 0 Å². The first-order valence-corrected chi connectivity index (χ1v) is 6.50. The number of aryl methyl sites for hydroxylation is 2. The second-order valence-electron chi connectivity index (χ2n) is 4.60. The topological polar surface area (TPSA) is 53.4 Å². The molecule has 1 aromatic heterocycles. The maximum atomic E-state index is 12.2. The smallest absolute Gasteiger partial charge is 0.203 e. The second-order valence-corrected chi connectivity index (χ2v) is 4.60. The van der Waals surface area contributed by atoms with Crippen molar-refractivity contribution in [3.63, 3.8) is 0 Å². The molecule has 0 N–H and O–H groups in total. The molecule has 1 aromatic carbocycles. The molecule has 0 fully saturated rings. The zero-order valence-corrected chi connectivity index (χ0v) is 12.6. The van der Waals surface area contributed by atoms with Gasteiger partial charge in [0.2, 0.25) is 5.78 Å². The van der Waals surface area contributed by atoms with Crippen LogP contribution in [-0.4, -0.2) is 29.8 Å². The van der Waals surface area contributed by atoms with Crippen LogP contribution < -0.4 is 9.47 Å². The molecular formula is C16H18N2O3. The van der Waals surface area contributed by atoms with Gasteiger partial charge in [0, 0.05) is 12.6 Å². The molecule has 0 atom stereocenters. The third kappa shape index (κ3) is 3.31. The van der Waals surface area contributed by atoms with Gasteiger partial charge in [-0.25, -0.2) is 0 Å². The predicted molar refractivity (Wildman–Crippen MR) is 80.9 cm³/mol. The number of rotatable bonds is 5. The monoisotopic (exact) mass is 286 g/mol. The quantitative estimate of drug-likeness (QED) is 0.626. The van der Waals surface area contributed by atoms with Crippen LogP contribution in [0.1, 0.15) is 21.7 Å². The van der Waals surface area contributed by atoms with Crippen LogP contribution in [-0.2, 0) is 7.05 Å². The number of carbonyl (C=O) groups excluding carboxylic acids is 1. The number of hydrogen-bond acceptors (Lipinski definition) is 4. The highest BCUT2D eigenvalue weighted by Crippen LogP contribution is 2.25. The van der Waals surface area contributed by atoms with Gasteiger partial charge in [-0.05, 0) is 43.3 Å². The SMILES string of the molecule is COc1ccc(OC)c(/C=C/C(=O)c2cc(C)nn2C)c1. The number of carbonyl (C=O) groups is 1. The summed E-state index contributed by atoms with van der Waals surface area (Å²) in [6.07, 6.45) is 3.22. The maximum Gasteiger partial charge on any atom is 0.203 e. The van der Waals surface area contributed by atoms with Crippen molar-refractivity contribution in [3.05, 3.63) is 47.3 Å². The summed E-state index contributed by atoms with van der Waals surface area (Å²) in [5.74, 6) is 1.28.